The SMILES string of the molecule is Cn1c(Nc2cc(CNC(=O)C3(C(F)(F)F)CCC3)ccc2C(F)(F)F)nc2cc(C(=O)N[C@H]3CC[C@H](C(F)(F)F)CC3)c(OCC(F)F)nc21. The van der Waals surface area contributed by atoms with Crippen molar-refractivity contribution >= 4 is 34.6 Å². The van der Waals surface area contributed by atoms with Gasteiger partial charge in [-0.1, -0.05) is 12.5 Å². The van der Waals surface area contributed by atoms with Crippen molar-refractivity contribution in [1.82, 2.24) is 25.2 Å². The predicted octanol–water partition coefficient (Wildman–Crippen LogP) is 7.57. The highest BCUT2D eigenvalue weighted by Gasteiger charge is 2.63. The van der Waals surface area contributed by atoms with Crippen molar-refractivity contribution in [2.45, 2.75) is 82.5 Å². The number of hydrogen-bond acceptors (Lipinski definition) is 6. The Morgan fingerprint density at radius 1 is 0.980 bits per heavy atom. The lowest BCUT2D eigenvalue weighted by Crippen LogP contribution is -2.54. The molecule has 1 aromatic carbocycles. The number of hydrogen-bond donors (Lipinski definition) is 3. The molecule has 2 saturated carbocycles. The highest BCUT2D eigenvalue weighted by atomic mass is 19.4. The fourth-order valence-electron chi connectivity index (χ4n) is 6.14. The molecule has 51 heavy (non-hydrogen) atoms. The number of imidazole rings is 1. The van der Waals surface area contributed by atoms with Gasteiger partial charge in [-0.2, -0.15) is 44.5 Å². The molecule has 280 valence electrons. The number of carbonyl (C=O) groups excluding carboxylic acids is 2. The number of pyridine rings is 1. The van der Waals surface area contributed by atoms with Gasteiger partial charge in [0.05, 0.1) is 17.2 Å². The van der Waals surface area contributed by atoms with E-state index in [0.29, 0.717) is 6.07 Å². The van der Waals surface area contributed by atoms with Crippen molar-refractivity contribution in [3.63, 3.8) is 0 Å². The molecular formula is C31H31F11N6O3. The molecule has 0 spiro atoms. The first-order valence-electron chi connectivity index (χ1n) is 15.7. The average Bonchev–Trinajstić information content (AvgIpc) is 3.30. The number of fused-ring (bicyclic) bond motifs is 1. The standard InChI is InChI=1S/C31H31F11N6O3/c1-48-23-21(12-18(25(47-23)51-14-22(32)33)24(49)44-17-6-4-16(5-7-17)29(34,35)36)46-27(48)45-20-11-15(3-8-19(20)30(37,38)39)13-43-26(50)28(9-2-10-28)31(40,41)42/h3,8,11-12,16-17,22H,2,4-7,9-10,13-14H2,1H3,(H,43,50)(H,44,49)(H,45,46)/t16-,17-. The third kappa shape index (κ3) is 8.08. The highest BCUT2D eigenvalue weighted by molar-refractivity contribution is 5.99. The number of nitrogens with one attached hydrogen (secondary N) is 3. The number of amides is 2. The minimum Gasteiger partial charge on any atom is -0.471 e. The number of ether oxygens (including phenoxy) is 1. The molecule has 9 nitrogen and oxygen atoms in total. The number of aromatic nitrogens is 3. The molecule has 3 N–H and O–H groups in total. The Hall–Kier alpha value is -4.39. The molecule has 2 fully saturated rings. The normalized spacial score (nSPS) is 19.5. The summed E-state index contributed by atoms with van der Waals surface area (Å²) < 4.78 is 154. The first-order chi connectivity index (χ1) is 23.7. The van der Waals surface area contributed by atoms with Crippen LogP contribution in [0.5, 0.6) is 5.88 Å². The van der Waals surface area contributed by atoms with Crippen LogP contribution in [0.25, 0.3) is 11.2 Å². The Kier molecular flexibility index (Phi) is 10.4. The van der Waals surface area contributed by atoms with Crippen LogP contribution in [0.15, 0.2) is 24.3 Å². The second-order valence-corrected chi connectivity index (χ2v) is 12.6. The molecular weight excluding hydrogens is 713 g/mol. The molecule has 2 aliphatic rings. The van der Waals surface area contributed by atoms with Crippen LogP contribution in [0, 0.1) is 11.3 Å². The van der Waals surface area contributed by atoms with Gasteiger partial charge < -0.3 is 20.7 Å². The molecule has 0 radical (unpaired) electrons. The minimum atomic E-state index is -4.93. The van der Waals surface area contributed by atoms with Crippen LogP contribution in [0.3, 0.4) is 0 Å². The topological polar surface area (TPSA) is 110 Å². The molecule has 2 aliphatic carbocycles. The van der Waals surface area contributed by atoms with Gasteiger partial charge in [-0.25, -0.2) is 13.8 Å². The second kappa shape index (κ2) is 14.0. The van der Waals surface area contributed by atoms with Crippen molar-refractivity contribution in [1.29, 1.82) is 0 Å². The van der Waals surface area contributed by atoms with Crippen molar-refractivity contribution in [2.75, 3.05) is 11.9 Å². The number of nitrogens with zero attached hydrogens (tertiary/aromatic N) is 3. The number of benzene rings is 1. The zero-order valence-electron chi connectivity index (χ0n) is 26.6. The summed E-state index contributed by atoms with van der Waals surface area (Å²) in [5.74, 6) is -4.62. The van der Waals surface area contributed by atoms with Crippen LogP contribution < -0.4 is 20.7 Å². The number of anilines is 2. The van der Waals surface area contributed by atoms with Gasteiger partial charge in [-0.3, -0.25) is 14.2 Å². The smallest absolute Gasteiger partial charge is 0.418 e. The van der Waals surface area contributed by atoms with E-state index in [9.17, 15) is 57.9 Å². The molecule has 0 aliphatic heterocycles. The van der Waals surface area contributed by atoms with Gasteiger partial charge in [0.2, 0.25) is 17.7 Å². The molecule has 0 saturated heterocycles. The highest BCUT2D eigenvalue weighted by Crippen LogP contribution is 2.53. The third-order valence-corrected chi connectivity index (χ3v) is 9.20. The summed E-state index contributed by atoms with van der Waals surface area (Å²) in [5, 5.41) is 7.20. The van der Waals surface area contributed by atoms with Crippen LogP contribution in [0.2, 0.25) is 0 Å². The van der Waals surface area contributed by atoms with Gasteiger partial charge in [0, 0.05) is 19.6 Å². The minimum absolute atomic E-state index is 0.00997. The quantitative estimate of drug-likeness (QED) is 0.185. The first kappa shape index (κ1) is 37.9. The Bertz CT molecular complexity index is 1760. The molecule has 0 atom stereocenters. The zero-order valence-corrected chi connectivity index (χ0v) is 26.6. The van der Waals surface area contributed by atoms with Crippen molar-refractivity contribution in [2.24, 2.45) is 18.4 Å². The van der Waals surface area contributed by atoms with Gasteiger partial charge >= 0.3 is 18.5 Å². The Morgan fingerprint density at radius 2 is 1.65 bits per heavy atom. The zero-order chi connectivity index (χ0) is 37.5. The van der Waals surface area contributed by atoms with E-state index in [0.717, 1.165) is 22.8 Å². The van der Waals surface area contributed by atoms with Crippen LogP contribution >= 0.6 is 0 Å². The summed E-state index contributed by atoms with van der Waals surface area (Å²) >= 11 is 0. The summed E-state index contributed by atoms with van der Waals surface area (Å²) in [7, 11) is 1.30. The van der Waals surface area contributed by atoms with Crippen molar-refractivity contribution in [3.8, 4) is 5.88 Å². The summed E-state index contributed by atoms with van der Waals surface area (Å²) in [6.45, 7) is -1.73. The number of alkyl halides is 11. The van der Waals surface area contributed by atoms with Gasteiger partial charge in [0.25, 0.3) is 12.3 Å². The van der Waals surface area contributed by atoms with Crippen LogP contribution in [-0.2, 0) is 24.6 Å². The van der Waals surface area contributed by atoms with E-state index in [2.05, 4.69) is 25.9 Å². The predicted molar refractivity (Wildman–Crippen MR) is 158 cm³/mol. The summed E-state index contributed by atoms with van der Waals surface area (Å²) in [4.78, 5) is 34.0. The monoisotopic (exact) mass is 744 g/mol. The van der Waals surface area contributed by atoms with E-state index in [1.54, 1.807) is 0 Å². The fourth-order valence-corrected chi connectivity index (χ4v) is 6.14. The second-order valence-electron chi connectivity index (χ2n) is 12.6. The average molecular weight is 745 g/mol. The lowest BCUT2D eigenvalue weighted by molar-refractivity contribution is -0.243. The Morgan fingerprint density at radius 3 is 2.20 bits per heavy atom. The maximum absolute atomic E-state index is 14.0. The van der Waals surface area contributed by atoms with Gasteiger partial charge in [-0.15, -0.1) is 0 Å². The molecule has 2 heterocycles. The molecule has 2 aromatic heterocycles. The van der Waals surface area contributed by atoms with Gasteiger partial charge in [0.1, 0.15) is 16.5 Å². The number of halogens is 11. The number of carbonyl (C=O) groups is 2. The fraction of sp³-hybridized carbons (Fsp3) is 0.548. The Labute approximate surface area is 282 Å². The van der Waals surface area contributed by atoms with E-state index < -0.39 is 103 Å². The van der Waals surface area contributed by atoms with Crippen molar-refractivity contribution in [3.05, 3.63) is 41.0 Å². The summed E-state index contributed by atoms with van der Waals surface area (Å²) in [5.41, 5.74) is -5.00. The number of rotatable bonds is 10. The molecule has 2 amide bonds. The van der Waals surface area contributed by atoms with Crippen LogP contribution in [0.4, 0.5) is 59.9 Å². The van der Waals surface area contributed by atoms with Gasteiger partial charge in [-0.05, 0) is 62.3 Å². The van der Waals surface area contributed by atoms with Crippen LogP contribution in [0.1, 0.15) is 66.4 Å². The summed E-state index contributed by atoms with van der Waals surface area (Å²) in [6.07, 6.45) is -18.3. The lowest BCUT2D eigenvalue weighted by Gasteiger charge is -2.41. The largest absolute Gasteiger partial charge is 0.471 e. The van der Waals surface area contributed by atoms with E-state index in [1.165, 1.54) is 7.05 Å². The molecule has 0 bridgehead atoms. The molecule has 0 unspecified atom stereocenters. The van der Waals surface area contributed by atoms with E-state index in [1.807, 2.05) is 0 Å². The van der Waals surface area contributed by atoms with Gasteiger partial charge in [0.15, 0.2) is 12.3 Å². The van der Waals surface area contributed by atoms with E-state index in [4.69, 9.17) is 4.74 Å². The lowest BCUT2D eigenvalue weighted by atomic mass is 9.67. The number of aryl methyl sites for hydroxylation is 1. The van der Waals surface area contributed by atoms with E-state index >= 15 is 0 Å². The van der Waals surface area contributed by atoms with Crippen molar-refractivity contribution < 1.29 is 62.6 Å². The molecule has 3 aromatic rings. The maximum atomic E-state index is 14.0. The molecule has 20 heteroatoms. The summed E-state index contributed by atoms with van der Waals surface area (Å²) in [6, 6.07) is 3.01. The maximum Gasteiger partial charge on any atom is 0.418 e. The van der Waals surface area contributed by atoms with Crippen LogP contribution in [-0.4, -0.2) is 57.8 Å². The van der Waals surface area contributed by atoms with E-state index in [-0.39, 0.29) is 54.8 Å². The third-order valence-electron chi connectivity index (χ3n) is 9.20. The first-order valence-corrected chi connectivity index (χ1v) is 15.7. The Balaban J connectivity index is 1.41. The molecule has 5 rings (SSSR count).